The SMILES string of the molecule is CCCC(C)NC(=S)Nc1ccc(C)c(C)c1. The quantitative estimate of drug-likeness (QED) is 0.795. The summed E-state index contributed by atoms with van der Waals surface area (Å²) in [7, 11) is 0. The van der Waals surface area contributed by atoms with Crippen LogP contribution in [0.1, 0.15) is 37.8 Å². The molecule has 2 N–H and O–H groups in total. The molecule has 0 aromatic heterocycles. The summed E-state index contributed by atoms with van der Waals surface area (Å²) in [6, 6.07) is 6.70. The van der Waals surface area contributed by atoms with Gasteiger partial charge in [0, 0.05) is 11.7 Å². The highest BCUT2D eigenvalue weighted by Gasteiger charge is 2.03. The van der Waals surface area contributed by atoms with Gasteiger partial charge in [-0.05, 0) is 62.7 Å². The van der Waals surface area contributed by atoms with Crippen molar-refractivity contribution in [3.8, 4) is 0 Å². The van der Waals surface area contributed by atoms with E-state index in [0.29, 0.717) is 11.2 Å². The number of nitrogens with one attached hydrogen (secondary N) is 2. The van der Waals surface area contributed by atoms with Crippen LogP contribution in [0.3, 0.4) is 0 Å². The van der Waals surface area contributed by atoms with Crippen LogP contribution in [0.4, 0.5) is 5.69 Å². The van der Waals surface area contributed by atoms with Crippen molar-refractivity contribution in [2.24, 2.45) is 0 Å². The molecule has 3 heteroatoms. The molecule has 1 atom stereocenters. The molecule has 0 spiro atoms. The van der Waals surface area contributed by atoms with Crippen molar-refractivity contribution in [1.82, 2.24) is 5.32 Å². The third kappa shape index (κ3) is 4.73. The monoisotopic (exact) mass is 250 g/mol. The van der Waals surface area contributed by atoms with Gasteiger partial charge in [0.2, 0.25) is 0 Å². The number of thiocarbonyl (C=S) groups is 1. The van der Waals surface area contributed by atoms with Gasteiger partial charge in [0.05, 0.1) is 0 Å². The smallest absolute Gasteiger partial charge is 0.170 e. The van der Waals surface area contributed by atoms with Crippen molar-refractivity contribution >= 4 is 23.0 Å². The van der Waals surface area contributed by atoms with E-state index < -0.39 is 0 Å². The maximum Gasteiger partial charge on any atom is 0.170 e. The van der Waals surface area contributed by atoms with Crippen LogP contribution >= 0.6 is 12.2 Å². The Balaban J connectivity index is 2.53. The van der Waals surface area contributed by atoms with Gasteiger partial charge in [0.25, 0.3) is 0 Å². The minimum atomic E-state index is 0.423. The molecule has 0 fully saturated rings. The fraction of sp³-hybridized carbons (Fsp3) is 0.500. The van der Waals surface area contributed by atoms with Crippen molar-refractivity contribution in [2.75, 3.05) is 5.32 Å². The fourth-order valence-electron chi connectivity index (χ4n) is 1.72. The zero-order valence-electron chi connectivity index (χ0n) is 11.1. The van der Waals surface area contributed by atoms with E-state index in [9.17, 15) is 0 Å². The molecule has 0 saturated carbocycles. The van der Waals surface area contributed by atoms with Crippen molar-refractivity contribution < 1.29 is 0 Å². The predicted molar refractivity (Wildman–Crippen MR) is 79.6 cm³/mol. The lowest BCUT2D eigenvalue weighted by molar-refractivity contribution is 0.599. The van der Waals surface area contributed by atoms with Crippen LogP contribution < -0.4 is 10.6 Å². The summed E-state index contributed by atoms with van der Waals surface area (Å²) in [4.78, 5) is 0. The zero-order valence-corrected chi connectivity index (χ0v) is 11.9. The molecule has 0 heterocycles. The molecule has 0 saturated heterocycles. The number of aryl methyl sites for hydroxylation is 2. The molecule has 0 radical (unpaired) electrons. The number of anilines is 1. The highest BCUT2D eigenvalue weighted by molar-refractivity contribution is 7.80. The van der Waals surface area contributed by atoms with Crippen LogP contribution in [0, 0.1) is 13.8 Å². The molecule has 0 aliphatic heterocycles. The molecule has 0 bridgehead atoms. The van der Waals surface area contributed by atoms with Crippen LogP contribution in [0.5, 0.6) is 0 Å². The van der Waals surface area contributed by atoms with Gasteiger partial charge in [-0.15, -0.1) is 0 Å². The average Bonchev–Trinajstić information content (AvgIpc) is 2.23. The molecule has 17 heavy (non-hydrogen) atoms. The van der Waals surface area contributed by atoms with Gasteiger partial charge in [0.15, 0.2) is 5.11 Å². The molecule has 2 nitrogen and oxygen atoms in total. The van der Waals surface area contributed by atoms with Gasteiger partial charge < -0.3 is 10.6 Å². The van der Waals surface area contributed by atoms with Crippen LogP contribution in [0.25, 0.3) is 0 Å². The van der Waals surface area contributed by atoms with E-state index in [1.807, 2.05) is 0 Å². The standard InChI is InChI=1S/C14H22N2S/c1-5-6-12(4)15-14(17)16-13-8-7-10(2)11(3)9-13/h7-9,12H,5-6H2,1-4H3,(H2,15,16,17). The lowest BCUT2D eigenvalue weighted by Gasteiger charge is -2.16. The molecule has 0 aliphatic carbocycles. The lowest BCUT2D eigenvalue weighted by Crippen LogP contribution is -2.35. The molecule has 0 amide bonds. The summed E-state index contributed by atoms with van der Waals surface area (Å²) in [5.41, 5.74) is 3.63. The van der Waals surface area contributed by atoms with E-state index in [2.05, 4.69) is 56.5 Å². The first-order valence-electron chi connectivity index (χ1n) is 6.17. The molecule has 94 valence electrons. The Morgan fingerprint density at radius 1 is 1.29 bits per heavy atom. The number of rotatable bonds is 4. The van der Waals surface area contributed by atoms with E-state index in [1.165, 1.54) is 17.5 Å². The van der Waals surface area contributed by atoms with E-state index in [0.717, 1.165) is 12.1 Å². The summed E-state index contributed by atoms with van der Waals surface area (Å²) in [6.07, 6.45) is 2.30. The van der Waals surface area contributed by atoms with Crippen LogP contribution in [-0.4, -0.2) is 11.2 Å². The molecule has 0 aliphatic rings. The first-order chi connectivity index (χ1) is 8.02. The molecule has 1 aromatic rings. The lowest BCUT2D eigenvalue weighted by atomic mass is 10.1. The average molecular weight is 250 g/mol. The van der Waals surface area contributed by atoms with Crippen molar-refractivity contribution in [1.29, 1.82) is 0 Å². The summed E-state index contributed by atoms with van der Waals surface area (Å²) in [5.74, 6) is 0. The third-order valence-corrected chi connectivity index (χ3v) is 3.08. The van der Waals surface area contributed by atoms with Gasteiger partial charge in [-0.2, -0.15) is 0 Å². The molecule has 1 rings (SSSR count). The van der Waals surface area contributed by atoms with Gasteiger partial charge >= 0.3 is 0 Å². The normalized spacial score (nSPS) is 12.0. The second-order valence-corrected chi connectivity index (χ2v) is 5.00. The Kier molecular flexibility index (Phi) is 5.42. The van der Waals surface area contributed by atoms with Crippen LogP contribution in [0.2, 0.25) is 0 Å². The van der Waals surface area contributed by atoms with Crippen molar-refractivity contribution in [2.45, 2.75) is 46.6 Å². The van der Waals surface area contributed by atoms with Gasteiger partial charge in [0.1, 0.15) is 0 Å². The van der Waals surface area contributed by atoms with E-state index in [1.54, 1.807) is 0 Å². The molecule has 1 unspecified atom stereocenters. The largest absolute Gasteiger partial charge is 0.360 e. The second-order valence-electron chi connectivity index (χ2n) is 4.59. The maximum absolute atomic E-state index is 5.28. The Hall–Kier alpha value is -1.09. The summed E-state index contributed by atoms with van der Waals surface area (Å²) in [5, 5.41) is 7.21. The summed E-state index contributed by atoms with van der Waals surface area (Å²) in [6.45, 7) is 8.55. The second kappa shape index (κ2) is 6.60. The highest BCUT2D eigenvalue weighted by Crippen LogP contribution is 2.14. The topological polar surface area (TPSA) is 24.1 Å². The van der Waals surface area contributed by atoms with E-state index >= 15 is 0 Å². The molecular weight excluding hydrogens is 228 g/mol. The summed E-state index contributed by atoms with van der Waals surface area (Å²) >= 11 is 5.28. The van der Waals surface area contributed by atoms with Crippen molar-refractivity contribution in [3.05, 3.63) is 29.3 Å². The Bertz CT molecular complexity index is 388. The Morgan fingerprint density at radius 3 is 2.59 bits per heavy atom. The maximum atomic E-state index is 5.28. The zero-order chi connectivity index (χ0) is 12.8. The summed E-state index contributed by atoms with van der Waals surface area (Å²) < 4.78 is 0. The Labute approximate surface area is 110 Å². The first kappa shape index (κ1) is 14.0. The highest BCUT2D eigenvalue weighted by atomic mass is 32.1. The van der Waals surface area contributed by atoms with Crippen molar-refractivity contribution in [3.63, 3.8) is 0 Å². The number of hydrogen-bond acceptors (Lipinski definition) is 1. The number of hydrogen-bond donors (Lipinski definition) is 2. The van der Waals surface area contributed by atoms with Gasteiger partial charge in [-0.1, -0.05) is 19.4 Å². The Morgan fingerprint density at radius 2 is 2.00 bits per heavy atom. The minimum absolute atomic E-state index is 0.423. The molecular formula is C14H22N2S. The van der Waals surface area contributed by atoms with E-state index in [-0.39, 0.29) is 0 Å². The van der Waals surface area contributed by atoms with E-state index in [4.69, 9.17) is 12.2 Å². The third-order valence-electron chi connectivity index (χ3n) is 2.86. The van der Waals surface area contributed by atoms with Crippen LogP contribution in [0.15, 0.2) is 18.2 Å². The van der Waals surface area contributed by atoms with Gasteiger partial charge in [-0.25, -0.2) is 0 Å². The number of benzene rings is 1. The molecule has 1 aromatic carbocycles. The first-order valence-corrected chi connectivity index (χ1v) is 6.58. The minimum Gasteiger partial charge on any atom is -0.360 e. The van der Waals surface area contributed by atoms with Gasteiger partial charge in [-0.3, -0.25) is 0 Å². The predicted octanol–water partition coefficient (Wildman–Crippen LogP) is 3.78. The fourth-order valence-corrected chi connectivity index (χ4v) is 2.03. The van der Waals surface area contributed by atoms with Crippen LogP contribution in [-0.2, 0) is 0 Å².